The fourth-order valence-electron chi connectivity index (χ4n) is 1.50. The van der Waals surface area contributed by atoms with Gasteiger partial charge in [-0.25, -0.2) is 8.78 Å². The maximum absolute atomic E-state index is 13.5. The lowest BCUT2D eigenvalue weighted by molar-refractivity contribution is 0.571. The molecule has 1 atom stereocenters. The molecule has 6 heteroatoms. The van der Waals surface area contributed by atoms with Crippen LogP contribution in [0.4, 0.5) is 8.78 Å². The molecule has 1 unspecified atom stereocenters. The first-order valence-corrected chi connectivity index (χ1v) is 7.42. The standard InChI is InChI=1S/C12H7BrCl2F2S/c13-8-5-11(18-12(8)15)9(14)3-6-1-2-7(16)4-10(6)17/h1-2,4-5,9H,3H2. The lowest BCUT2D eigenvalue weighted by Crippen LogP contribution is -1.97. The van der Waals surface area contributed by atoms with Gasteiger partial charge in [0.05, 0.1) is 5.38 Å². The fourth-order valence-corrected chi connectivity index (χ4v) is 3.58. The lowest BCUT2D eigenvalue weighted by Gasteiger charge is -2.08. The van der Waals surface area contributed by atoms with Crippen LogP contribution in [-0.2, 0) is 6.42 Å². The van der Waals surface area contributed by atoms with Crippen LogP contribution < -0.4 is 0 Å². The van der Waals surface area contributed by atoms with Gasteiger partial charge in [0.1, 0.15) is 16.0 Å². The summed E-state index contributed by atoms with van der Waals surface area (Å²) in [6, 6.07) is 5.30. The summed E-state index contributed by atoms with van der Waals surface area (Å²) in [6.07, 6.45) is 0.289. The van der Waals surface area contributed by atoms with E-state index in [1.165, 1.54) is 23.5 Å². The molecule has 0 bridgehead atoms. The molecule has 2 rings (SSSR count). The first-order valence-electron chi connectivity index (χ1n) is 5.00. The summed E-state index contributed by atoms with van der Waals surface area (Å²) in [7, 11) is 0. The van der Waals surface area contributed by atoms with Crippen LogP contribution in [0.3, 0.4) is 0 Å². The average Bonchev–Trinajstić information content (AvgIpc) is 2.63. The predicted molar refractivity (Wildman–Crippen MR) is 75.7 cm³/mol. The summed E-state index contributed by atoms with van der Waals surface area (Å²) >= 11 is 16.8. The van der Waals surface area contributed by atoms with Crippen LogP contribution >= 0.6 is 50.5 Å². The monoisotopic (exact) mass is 370 g/mol. The molecule has 1 aromatic heterocycles. The highest BCUT2D eigenvalue weighted by Crippen LogP contribution is 2.38. The predicted octanol–water partition coefficient (Wildman–Crippen LogP) is 5.96. The molecular formula is C12H7BrCl2F2S. The van der Waals surface area contributed by atoms with Crippen LogP contribution in [0.5, 0.6) is 0 Å². The summed E-state index contributed by atoms with van der Waals surface area (Å²) in [5, 5.41) is -0.390. The minimum atomic E-state index is -0.593. The molecule has 0 saturated carbocycles. The van der Waals surface area contributed by atoms with E-state index in [4.69, 9.17) is 23.2 Å². The van der Waals surface area contributed by atoms with E-state index in [9.17, 15) is 8.78 Å². The van der Waals surface area contributed by atoms with Gasteiger partial charge in [-0.05, 0) is 40.0 Å². The van der Waals surface area contributed by atoms with Crippen LogP contribution in [0.2, 0.25) is 4.34 Å². The number of halogens is 5. The van der Waals surface area contributed by atoms with E-state index in [0.29, 0.717) is 9.90 Å². The second-order valence-electron chi connectivity index (χ2n) is 3.68. The van der Waals surface area contributed by atoms with Gasteiger partial charge in [0.25, 0.3) is 0 Å². The Hall–Kier alpha value is -0.160. The molecule has 0 aliphatic carbocycles. The normalized spacial score (nSPS) is 12.7. The number of hydrogen-bond donors (Lipinski definition) is 0. The smallest absolute Gasteiger partial charge is 0.129 e. The first-order chi connectivity index (χ1) is 8.47. The largest absolute Gasteiger partial charge is 0.207 e. The van der Waals surface area contributed by atoms with Gasteiger partial charge in [-0.2, -0.15) is 0 Å². The molecule has 1 aromatic carbocycles. The summed E-state index contributed by atoms with van der Waals surface area (Å²) < 4.78 is 27.6. The molecule has 2 aromatic rings. The third kappa shape index (κ3) is 3.23. The Morgan fingerprint density at radius 3 is 2.56 bits per heavy atom. The van der Waals surface area contributed by atoms with E-state index in [1.807, 2.05) is 6.07 Å². The van der Waals surface area contributed by atoms with Gasteiger partial charge < -0.3 is 0 Å². The van der Waals surface area contributed by atoms with E-state index in [0.717, 1.165) is 15.4 Å². The first kappa shape index (κ1) is 14.3. The van der Waals surface area contributed by atoms with Gasteiger partial charge in [-0.3, -0.25) is 0 Å². The van der Waals surface area contributed by atoms with Crippen LogP contribution in [0.1, 0.15) is 15.8 Å². The van der Waals surface area contributed by atoms with Crippen LogP contribution in [0, 0.1) is 11.6 Å². The molecule has 0 spiro atoms. The molecule has 0 radical (unpaired) electrons. The average molecular weight is 372 g/mol. The SMILES string of the molecule is Fc1ccc(CC(Cl)c2cc(Br)c(Cl)s2)c(F)c1. The second kappa shape index (κ2) is 5.87. The van der Waals surface area contributed by atoms with Crippen LogP contribution in [0.15, 0.2) is 28.7 Å². The van der Waals surface area contributed by atoms with Crippen molar-refractivity contribution in [3.63, 3.8) is 0 Å². The van der Waals surface area contributed by atoms with Crippen molar-refractivity contribution in [2.75, 3.05) is 0 Å². The molecule has 0 fully saturated rings. The number of hydrogen-bond acceptors (Lipinski definition) is 1. The molecule has 96 valence electrons. The summed E-state index contributed by atoms with van der Waals surface area (Å²) in [4.78, 5) is 0.845. The van der Waals surface area contributed by atoms with Crippen molar-refractivity contribution in [2.24, 2.45) is 0 Å². The van der Waals surface area contributed by atoms with Crippen molar-refractivity contribution in [2.45, 2.75) is 11.8 Å². The number of thiophene rings is 1. The molecule has 0 N–H and O–H groups in total. The van der Waals surface area contributed by atoms with Crippen LogP contribution in [0.25, 0.3) is 0 Å². The van der Waals surface area contributed by atoms with Gasteiger partial charge in [0.15, 0.2) is 0 Å². The Morgan fingerprint density at radius 2 is 2.00 bits per heavy atom. The maximum Gasteiger partial charge on any atom is 0.129 e. The fraction of sp³-hybridized carbons (Fsp3) is 0.167. The topological polar surface area (TPSA) is 0 Å². The van der Waals surface area contributed by atoms with Gasteiger partial charge in [-0.15, -0.1) is 22.9 Å². The van der Waals surface area contributed by atoms with Crippen molar-refractivity contribution in [1.29, 1.82) is 0 Å². The van der Waals surface area contributed by atoms with Crippen molar-refractivity contribution < 1.29 is 8.78 Å². The molecule has 0 saturated heterocycles. The molecular weight excluding hydrogens is 365 g/mol. The van der Waals surface area contributed by atoms with Crippen molar-refractivity contribution in [3.8, 4) is 0 Å². The van der Waals surface area contributed by atoms with E-state index in [-0.39, 0.29) is 6.42 Å². The summed E-state index contributed by atoms with van der Waals surface area (Å²) in [6.45, 7) is 0. The van der Waals surface area contributed by atoms with Crippen molar-refractivity contribution in [1.82, 2.24) is 0 Å². The zero-order chi connectivity index (χ0) is 13.3. The van der Waals surface area contributed by atoms with Crippen LogP contribution in [-0.4, -0.2) is 0 Å². The Bertz CT molecular complexity index is 552. The Kier molecular flexibility index (Phi) is 4.64. The molecule has 1 heterocycles. The molecule has 0 aliphatic rings. The summed E-state index contributed by atoms with van der Waals surface area (Å²) in [5.41, 5.74) is 0.386. The molecule has 0 nitrogen and oxygen atoms in total. The number of alkyl halides is 1. The van der Waals surface area contributed by atoms with Gasteiger partial charge >= 0.3 is 0 Å². The maximum atomic E-state index is 13.5. The highest BCUT2D eigenvalue weighted by molar-refractivity contribution is 9.10. The van der Waals surface area contributed by atoms with Gasteiger partial charge in [-0.1, -0.05) is 17.7 Å². The third-order valence-corrected chi connectivity index (χ3v) is 5.49. The quantitative estimate of drug-likeness (QED) is 0.583. The van der Waals surface area contributed by atoms with Crippen molar-refractivity contribution >= 4 is 50.5 Å². The molecule has 18 heavy (non-hydrogen) atoms. The number of benzene rings is 1. The van der Waals surface area contributed by atoms with Gasteiger partial charge in [0, 0.05) is 15.4 Å². The minimum Gasteiger partial charge on any atom is -0.207 e. The van der Waals surface area contributed by atoms with E-state index in [1.54, 1.807) is 0 Å². The second-order valence-corrected chi connectivity index (χ2v) is 6.74. The highest BCUT2D eigenvalue weighted by atomic mass is 79.9. The van der Waals surface area contributed by atoms with Crippen molar-refractivity contribution in [3.05, 3.63) is 55.1 Å². The van der Waals surface area contributed by atoms with E-state index in [2.05, 4.69) is 15.9 Å². The lowest BCUT2D eigenvalue weighted by atomic mass is 10.1. The highest BCUT2D eigenvalue weighted by Gasteiger charge is 2.16. The summed E-state index contributed by atoms with van der Waals surface area (Å²) in [5.74, 6) is -1.17. The Morgan fingerprint density at radius 1 is 1.28 bits per heavy atom. The van der Waals surface area contributed by atoms with E-state index < -0.39 is 17.0 Å². The third-order valence-electron chi connectivity index (χ3n) is 2.39. The van der Waals surface area contributed by atoms with Gasteiger partial charge in [0.2, 0.25) is 0 Å². The minimum absolute atomic E-state index is 0.289. The Labute approximate surface area is 126 Å². The zero-order valence-corrected chi connectivity index (χ0v) is 12.8. The zero-order valence-electron chi connectivity index (χ0n) is 8.89. The number of rotatable bonds is 3. The molecule has 0 amide bonds. The van der Waals surface area contributed by atoms with E-state index >= 15 is 0 Å². The Balaban J connectivity index is 2.18. The molecule has 0 aliphatic heterocycles.